The molecule has 0 aromatic heterocycles. The minimum absolute atomic E-state index is 0. The van der Waals surface area contributed by atoms with Crippen LogP contribution in [-0.2, 0) is 10.3 Å². The van der Waals surface area contributed by atoms with Gasteiger partial charge in [-0.25, -0.2) is 0 Å². The van der Waals surface area contributed by atoms with Gasteiger partial charge < -0.3 is 0 Å². The van der Waals surface area contributed by atoms with Gasteiger partial charge in [0.1, 0.15) is 0 Å². The van der Waals surface area contributed by atoms with Gasteiger partial charge in [0.25, 0.3) is 0 Å². The number of hydrogen-bond acceptors (Lipinski definition) is 3. The van der Waals surface area contributed by atoms with E-state index < -0.39 is 10.3 Å². The molecule has 2 unspecified atom stereocenters. The Morgan fingerprint density at radius 1 is 1.54 bits per heavy atom. The first-order valence-electron chi connectivity index (χ1n) is 3.85. The predicted molar refractivity (Wildman–Crippen MR) is 56.8 cm³/mol. The maximum absolute atomic E-state index is 10.5. The van der Waals surface area contributed by atoms with Crippen molar-refractivity contribution in [3.05, 3.63) is 0 Å². The molecule has 0 saturated carbocycles. The van der Waals surface area contributed by atoms with Gasteiger partial charge in [-0.3, -0.25) is 4.55 Å². The summed E-state index contributed by atoms with van der Waals surface area (Å²) in [7, 11) is -4.02. The fourth-order valence-electron chi connectivity index (χ4n) is 1.27. The molecule has 0 aromatic rings. The van der Waals surface area contributed by atoms with Gasteiger partial charge in [0.15, 0.2) is 0 Å². The summed E-state index contributed by atoms with van der Waals surface area (Å²) in [4.78, 5) is 0. The minimum atomic E-state index is -4.02. The van der Waals surface area contributed by atoms with Crippen LogP contribution in [-0.4, -0.2) is 59.6 Å². The monoisotopic (exact) mass is 235 g/mol. The van der Waals surface area contributed by atoms with Crippen molar-refractivity contribution in [2.45, 2.75) is 31.1 Å². The van der Waals surface area contributed by atoms with Crippen molar-refractivity contribution in [1.82, 2.24) is 4.72 Å². The number of hydrogen-bond donors (Lipinski definition) is 2. The summed E-state index contributed by atoms with van der Waals surface area (Å²) in [5, 5.41) is 0.251. The quantitative estimate of drug-likeness (QED) is 0.523. The SMILES string of the molecule is CC1SCCCC1NS(=O)(=O)O.[NaH]. The molecule has 0 bridgehead atoms. The van der Waals surface area contributed by atoms with Crippen molar-refractivity contribution in [3.8, 4) is 0 Å². The summed E-state index contributed by atoms with van der Waals surface area (Å²) in [6.45, 7) is 1.96. The molecule has 1 aliphatic heterocycles. The fourth-order valence-corrected chi connectivity index (χ4v) is 3.20. The van der Waals surface area contributed by atoms with E-state index in [-0.39, 0.29) is 40.8 Å². The number of nitrogens with one attached hydrogen (secondary N) is 1. The zero-order valence-corrected chi connectivity index (χ0v) is 8.49. The Bertz CT molecular complexity index is 244. The van der Waals surface area contributed by atoms with Gasteiger partial charge in [0, 0.05) is 11.3 Å². The molecule has 0 amide bonds. The van der Waals surface area contributed by atoms with E-state index in [1.165, 1.54) is 0 Å². The first-order chi connectivity index (χ1) is 5.49. The molecule has 0 aliphatic carbocycles. The Kier molecular flexibility index (Phi) is 6.50. The van der Waals surface area contributed by atoms with Crippen molar-refractivity contribution in [2.24, 2.45) is 0 Å². The van der Waals surface area contributed by atoms with Gasteiger partial charge >= 0.3 is 39.9 Å². The van der Waals surface area contributed by atoms with Gasteiger partial charge in [-0.15, -0.1) is 0 Å². The Morgan fingerprint density at radius 3 is 2.62 bits per heavy atom. The summed E-state index contributed by atoms with van der Waals surface area (Å²) in [5.41, 5.74) is 0. The van der Waals surface area contributed by atoms with Crippen LogP contribution in [0.3, 0.4) is 0 Å². The van der Waals surface area contributed by atoms with Crippen molar-refractivity contribution in [1.29, 1.82) is 0 Å². The molecule has 1 fully saturated rings. The van der Waals surface area contributed by atoms with Crippen molar-refractivity contribution in [2.75, 3.05) is 5.75 Å². The van der Waals surface area contributed by atoms with Crippen molar-refractivity contribution >= 4 is 51.6 Å². The number of rotatable bonds is 2. The molecule has 2 atom stereocenters. The van der Waals surface area contributed by atoms with Crippen LogP contribution in [0.15, 0.2) is 0 Å². The second-order valence-corrected chi connectivity index (χ2v) is 5.59. The van der Waals surface area contributed by atoms with E-state index in [4.69, 9.17) is 4.55 Å². The fraction of sp³-hybridized carbons (Fsp3) is 1.00. The molecule has 1 rings (SSSR count). The van der Waals surface area contributed by atoms with E-state index in [2.05, 4.69) is 4.72 Å². The van der Waals surface area contributed by atoms with Crippen LogP contribution in [0.2, 0.25) is 0 Å². The third-order valence-corrected chi connectivity index (χ3v) is 3.89. The maximum atomic E-state index is 10.5. The van der Waals surface area contributed by atoms with E-state index in [1.807, 2.05) is 6.92 Å². The zero-order valence-electron chi connectivity index (χ0n) is 6.86. The molecular formula is C6H14NNaO3S2. The number of thioether (sulfide) groups is 1. The Hall–Kier alpha value is 1.22. The third-order valence-electron chi connectivity index (χ3n) is 1.91. The van der Waals surface area contributed by atoms with Gasteiger partial charge in [0.05, 0.1) is 0 Å². The average Bonchev–Trinajstić information content (AvgIpc) is 1.91. The third kappa shape index (κ3) is 5.61. The molecule has 0 aromatic carbocycles. The van der Waals surface area contributed by atoms with Crippen LogP contribution in [0, 0.1) is 0 Å². The summed E-state index contributed by atoms with van der Waals surface area (Å²) < 4.78 is 31.7. The standard InChI is InChI=1S/C6H13NO3S2.Na.H/c1-5-6(3-2-4-11-5)7-12(8,9)10;;/h5-7H,2-4H2,1H3,(H,8,9,10);;. The Balaban J connectivity index is 0.00000144. The van der Waals surface area contributed by atoms with E-state index in [1.54, 1.807) is 11.8 Å². The van der Waals surface area contributed by atoms with E-state index >= 15 is 0 Å². The Morgan fingerprint density at radius 2 is 2.15 bits per heavy atom. The van der Waals surface area contributed by atoms with E-state index in [0.717, 1.165) is 18.6 Å². The second kappa shape index (κ2) is 5.95. The molecule has 7 heteroatoms. The van der Waals surface area contributed by atoms with Gasteiger partial charge in [0.2, 0.25) is 0 Å². The first-order valence-corrected chi connectivity index (χ1v) is 6.34. The molecule has 0 spiro atoms. The molecular weight excluding hydrogens is 221 g/mol. The van der Waals surface area contributed by atoms with Crippen molar-refractivity contribution < 1.29 is 13.0 Å². The molecule has 74 valence electrons. The zero-order chi connectivity index (χ0) is 9.19. The predicted octanol–water partition coefficient (Wildman–Crippen LogP) is 0.0144. The molecule has 1 saturated heterocycles. The topological polar surface area (TPSA) is 66.4 Å². The van der Waals surface area contributed by atoms with Gasteiger partial charge in [-0.1, -0.05) is 6.92 Å². The van der Waals surface area contributed by atoms with Crippen LogP contribution >= 0.6 is 11.8 Å². The van der Waals surface area contributed by atoms with Gasteiger partial charge in [-0.05, 0) is 18.6 Å². The molecule has 1 heterocycles. The Labute approximate surface area is 105 Å². The average molecular weight is 235 g/mol. The van der Waals surface area contributed by atoms with Crippen LogP contribution in [0.5, 0.6) is 0 Å². The summed E-state index contributed by atoms with van der Waals surface area (Å²) in [5.74, 6) is 1.07. The van der Waals surface area contributed by atoms with Crippen LogP contribution < -0.4 is 4.72 Å². The van der Waals surface area contributed by atoms with Crippen LogP contribution in [0.25, 0.3) is 0 Å². The molecule has 13 heavy (non-hydrogen) atoms. The van der Waals surface area contributed by atoms with Crippen LogP contribution in [0.4, 0.5) is 0 Å². The summed E-state index contributed by atoms with van der Waals surface area (Å²) >= 11 is 1.73. The van der Waals surface area contributed by atoms with E-state index in [0.29, 0.717) is 0 Å². The van der Waals surface area contributed by atoms with Crippen LogP contribution in [0.1, 0.15) is 19.8 Å². The summed E-state index contributed by atoms with van der Waals surface area (Å²) in [6.07, 6.45) is 1.82. The second-order valence-electron chi connectivity index (χ2n) is 2.92. The van der Waals surface area contributed by atoms with Gasteiger partial charge in [-0.2, -0.15) is 24.9 Å². The molecule has 1 aliphatic rings. The van der Waals surface area contributed by atoms with E-state index in [9.17, 15) is 8.42 Å². The first kappa shape index (κ1) is 14.2. The summed E-state index contributed by atoms with van der Waals surface area (Å²) in [6, 6.07) is -0.112. The van der Waals surface area contributed by atoms with Crippen molar-refractivity contribution in [3.63, 3.8) is 0 Å². The normalized spacial score (nSPS) is 29.4. The molecule has 0 radical (unpaired) electrons. The molecule has 4 nitrogen and oxygen atoms in total. The molecule has 2 N–H and O–H groups in total.